The molecule has 0 heterocycles. The lowest BCUT2D eigenvalue weighted by Gasteiger charge is -2.09. The van der Waals surface area contributed by atoms with Crippen molar-refractivity contribution in [2.45, 2.75) is 32.6 Å². The van der Waals surface area contributed by atoms with Gasteiger partial charge in [-0.2, -0.15) is 0 Å². The number of nitrogens with one attached hydrogen (secondary N) is 1. The third kappa shape index (κ3) is 4.57. The monoisotopic (exact) mass is 266 g/mol. The van der Waals surface area contributed by atoms with E-state index in [2.05, 4.69) is 12.2 Å². The summed E-state index contributed by atoms with van der Waals surface area (Å²) in [6.07, 6.45) is 3.32. The van der Waals surface area contributed by atoms with Crippen LogP contribution < -0.4 is 10.1 Å². The lowest BCUT2D eigenvalue weighted by Crippen LogP contribution is -2.12. The van der Waals surface area contributed by atoms with Crippen molar-refractivity contribution >= 4 is 17.3 Å². The summed E-state index contributed by atoms with van der Waals surface area (Å²) in [5.74, 6) is 0.179. The van der Waals surface area contributed by atoms with Gasteiger partial charge >= 0.3 is 0 Å². The Hall–Kier alpha value is -2.11. The first-order valence-corrected chi connectivity index (χ1v) is 6.20. The van der Waals surface area contributed by atoms with Crippen LogP contribution in [-0.2, 0) is 4.79 Å². The van der Waals surface area contributed by atoms with E-state index in [1.165, 1.54) is 25.3 Å². The fourth-order valence-electron chi connectivity index (χ4n) is 1.64. The maximum Gasteiger partial charge on any atom is 0.273 e. The van der Waals surface area contributed by atoms with Gasteiger partial charge in [-0.05, 0) is 12.5 Å². The normalized spacial score (nSPS) is 10.0. The summed E-state index contributed by atoms with van der Waals surface area (Å²) >= 11 is 0. The second-order valence-electron chi connectivity index (χ2n) is 4.15. The van der Waals surface area contributed by atoms with Crippen LogP contribution in [0.4, 0.5) is 11.4 Å². The highest BCUT2D eigenvalue weighted by atomic mass is 16.6. The molecule has 104 valence electrons. The van der Waals surface area contributed by atoms with E-state index in [9.17, 15) is 14.9 Å². The first kappa shape index (κ1) is 14.9. The van der Waals surface area contributed by atoms with Gasteiger partial charge in [0.15, 0.2) is 0 Å². The number of nitro groups is 1. The number of unbranched alkanes of at least 4 members (excludes halogenated alkanes) is 2. The zero-order valence-corrected chi connectivity index (χ0v) is 11.1. The summed E-state index contributed by atoms with van der Waals surface area (Å²) in [6.45, 7) is 2.07. The van der Waals surface area contributed by atoms with E-state index in [-0.39, 0.29) is 17.3 Å². The molecular formula is C13H18N2O4. The Bertz CT molecular complexity index is 460. The van der Waals surface area contributed by atoms with Crippen LogP contribution in [0.1, 0.15) is 32.6 Å². The molecule has 19 heavy (non-hydrogen) atoms. The van der Waals surface area contributed by atoms with Crippen LogP contribution >= 0.6 is 0 Å². The molecule has 0 saturated heterocycles. The molecule has 6 nitrogen and oxygen atoms in total. The highest BCUT2D eigenvalue weighted by Gasteiger charge is 2.13. The minimum absolute atomic E-state index is 0.0687. The van der Waals surface area contributed by atoms with E-state index in [0.29, 0.717) is 12.1 Å². The number of rotatable bonds is 7. The van der Waals surface area contributed by atoms with Crippen LogP contribution in [0, 0.1) is 10.1 Å². The number of amides is 1. The molecule has 6 heteroatoms. The Kier molecular flexibility index (Phi) is 5.78. The summed E-state index contributed by atoms with van der Waals surface area (Å²) in [7, 11) is 1.41. The Morgan fingerprint density at radius 3 is 2.74 bits per heavy atom. The van der Waals surface area contributed by atoms with Crippen molar-refractivity contribution in [3.05, 3.63) is 28.3 Å². The van der Waals surface area contributed by atoms with Crippen LogP contribution in [0.3, 0.4) is 0 Å². The Balaban J connectivity index is 2.72. The number of ether oxygens (including phenoxy) is 1. The average Bonchev–Trinajstić information content (AvgIpc) is 2.39. The van der Waals surface area contributed by atoms with Crippen LogP contribution in [-0.4, -0.2) is 17.9 Å². The van der Waals surface area contributed by atoms with Gasteiger partial charge in [0, 0.05) is 12.5 Å². The minimum Gasteiger partial charge on any atom is -0.494 e. The molecule has 0 unspecified atom stereocenters. The third-order valence-electron chi connectivity index (χ3n) is 2.68. The van der Waals surface area contributed by atoms with Crippen LogP contribution in [0.15, 0.2) is 18.2 Å². The Morgan fingerprint density at radius 1 is 1.42 bits per heavy atom. The molecule has 1 aromatic carbocycles. The maximum atomic E-state index is 11.7. The van der Waals surface area contributed by atoms with Gasteiger partial charge in [-0.1, -0.05) is 19.8 Å². The predicted octanol–water partition coefficient (Wildman–Crippen LogP) is 3.12. The van der Waals surface area contributed by atoms with Crippen LogP contribution in [0.25, 0.3) is 0 Å². The number of anilines is 1. The van der Waals surface area contributed by atoms with Crippen molar-refractivity contribution in [3.8, 4) is 5.75 Å². The van der Waals surface area contributed by atoms with E-state index in [1.807, 2.05) is 0 Å². The van der Waals surface area contributed by atoms with Crippen molar-refractivity contribution in [3.63, 3.8) is 0 Å². The zero-order valence-electron chi connectivity index (χ0n) is 11.1. The summed E-state index contributed by atoms with van der Waals surface area (Å²) in [5, 5.41) is 13.3. The van der Waals surface area contributed by atoms with Gasteiger partial charge < -0.3 is 10.1 Å². The van der Waals surface area contributed by atoms with E-state index in [4.69, 9.17) is 4.74 Å². The summed E-state index contributed by atoms with van der Waals surface area (Å²) in [5.41, 5.74) is 0.385. The molecule has 1 rings (SSSR count). The second kappa shape index (κ2) is 7.35. The quantitative estimate of drug-likeness (QED) is 0.467. The van der Waals surface area contributed by atoms with Gasteiger partial charge in [-0.3, -0.25) is 14.9 Å². The minimum atomic E-state index is -0.505. The van der Waals surface area contributed by atoms with E-state index in [0.717, 1.165) is 19.3 Å². The second-order valence-corrected chi connectivity index (χ2v) is 4.15. The highest BCUT2D eigenvalue weighted by Crippen LogP contribution is 2.29. The highest BCUT2D eigenvalue weighted by molar-refractivity contribution is 5.92. The van der Waals surface area contributed by atoms with Gasteiger partial charge in [0.25, 0.3) is 5.69 Å². The molecule has 0 spiro atoms. The number of nitro benzene ring substituents is 1. The third-order valence-corrected chi connectivity index (χ3v) is 2.68. The molecular weight excluding hydrogens is 248 g/mol. The predicted molar refractivity (Wildman–Crippen MR) is 72.4 cm³/mol. The van der Waals surface area contributed by atoms with Gasteiger partial charge in [-0.25, -0.2) is 0 Å². The van der Waals surface area contributed by atoms with Crippen molar-refractivity contribution in [2.24, 2.45) is 0 Å². The number of carbonyl (C=O) groups is 1. The summed E-state index contributed by atoms with van der Waals surface area (Å²) in [4.78, 5) is 21.8. The van der Waals surface area contributed by atoms with Crippen molar-refractivity contribution < 1.29 is 14.5 Å². The largest absolute Gasteiger partial charge is 0.494 e. The first-order chi connectivity index (χ1) is 9.08. The number of benzene rings is 1. The molecule has 0 saturated carbocycles. The Morgan fingerprint density at radius 2 is 2.16 bits per heavy atom. The van der Waals surface area contributed by atoms with E-state index < -0.39 is 4.92 Å². The molecule has 1 N–H and O–H groups in total. The molecule has 0 aliphatic heterocycles. The number of methoxy groups -OCH3 is 1. The molecule has 0 fully saturated rings. The van der Waals surface area contributed by atoms with Crippen molar-refractivity contribution in [2.75, 3.05) is 12.4 Å². The molecule has 0 bridgehead atoms. The molecule has 0 aromatic heterocycles. The van der Waals surface area contributed by atoms with Gasteiger partial charge in [-0.15, -0.1) is 0 Å². The zero-order chi connectivity index (χ0) is 14.3. The van der Waals surface area contributed by atoms with E-state index >= 15 is 0 Å². The Labute approximate surface area is 111 Å². The van der Waals surface area contributed by atoms with Gasteiger partial charge in [0.1, 0.15) is 5.75 Å². The fraction of sp³-hybridized carbons (Fsp3) is 0.462. The number of non-ortho nitro benzene ring substituents is 1. The molecule has 1 aromatic rings. The van der Waals surface area contributed by atoms with Gasteiger partial charge in [0.05, 0.1) is 23.8 Å². The maximum absolute atomic E-state index is 11.7. The summed E-state index contributed by atoms with van der Waals surface area (Å²) < 4.78 is 5.04. The topological polar surface area (TPSA) is 81.5 Å². The lowest BCUT2D eigenvalue weighted by atomic mass is 10.2. The molecule has 0 aliphatic rings. The average molecular weight is 266 g/mol. The first-order valence-electron chi connectivity index (χ1n) is 6.20. The summed E-state index contributed by atoms with van der Waals surface area (Å²) in [6, 6.07) is 4.11. The standard InChI is InChI=1S/C13H18N2O4/c1-3-4-5-6-13(16)14-11-8-7-10(15(17)18)9-12(11)19-2/h7-9H,3-6H2,1-2H3,(H,14,16). The molecule has 0 radical (unpaired) electrons. The number of hydrogen-bond acceptors (Lipinski definition) is 4. The van der Waals surface area contributed by atoms with Gasteiger partial charge in [0.2, 0.25) is 5.91 Å². The van der Waals surface area contributed by atoms with Crippen LogP contribution in [0.5, 0.6) is 5.75 Å². The fourth-order valence-corrected chi connectivity index (χ4v) is 1.64. The SMILES string of the molecule is CCCCCC(=O)Nc1ccc([N+](=O)[O-])cc1OC. The number of carbonyl (C=O) groups excluding carboxylic acids is 1. The van der Waals surface area contributed by atoms with E-state index in [1.54, 1.807) is 0 Å². The number of nitrogens with zero attached hydrogens (tertiary/aromatic N) is 1. The molecule has 1 amide bonds. The number of hydrogen-bond donors (Lipinski definition) is 1. The molecule has 0 aliphatic carbocycles. The van der Waals surface area contributed by atoms with Crippen molar-refractivity contribution in [1.29, 1.82) is 0 Å². The lowest BCUT2D eigenvalue weighted by molar-refractivity contribution is -0.384. The van der Waals surface area contributed by atoms with Crippen LogP contribution in [0.2, 0.25) is 0 Å². The smallest absolute Gasteiger partial charge is 0.273 e. The molecule has 0 atom stereocenters. The van der Waals surface area contributed by atoms with Crippen molar-refractivity contribution in [1.82, 2.24) is 0 Å².